The van der Waals surface area contributed by atoms with Gasteiger partial charge >= 0.3 is 0 Å². The van der Waals surface area contributed by atoms with Gasteiger partial charge in [-0.2, -0.15) is 0 Å². The van der Waals surface area contributed by atoms with Gasteiger partial charge in [-0.1, -0.05) is 34.6 Å². The fraction of sp³-hybridized carbons (Fsp3) is 0.893. The zero-order valence-electron chi connectivity index (χ0n) is 23.7. The first-order valence-electron chi connectivity index (χ1n) is 13.8. The van der Waals surface area contributed by atoms with Gasteiger partial charge in [0.15, 0.2) is 0 Å². The van der Waals surface area contributed by atoms with Gasteiger partial charge in [-0.05, 0) is 70.6 Å². The topological polar surface area (TPSA) is 108 Å². The number of likely N-dealkylation sites (tertiary alicyclic amines) is 1. The molecule has 206 valence electrons. The Morgan fingerprint density at radius 3 is 2.39 bits per heavy atom. The number of hydrogen-bond donors (Lipinski definition) is 3. The fourth-order valence-electron chi connectivity index (χ4n) is 7.38. The van der Waals surface area contributed by atoms with Crippen LogP contribution in [-0.2, 0) is 19.1 Å². The summed E-state index contributed by atoms with van der Waals surface area (Å²) in [7, 11) is 0. The van der Waals surface area contributed by atoms with Gasteiger partial charge in [-0.3, -0.25) is 14.4 Å². The second-order valence-electron chi connectivity index (χ2n) is 13.4. The maximum atomic E-state index is 14.1. The molecular weight excluding hydrogens is 458 g/mol. The number of amides is 3. The van der Waals surface area contributed by atoms with Crippen molar-refractivity contribution in [1.29, 1.82) is 0 Å². The molecule has 3 amide bonds. The first-order chi connectivity index (χ1) is 16.6. The van der Waals surface area contributed by atoms with Gasteiger partial charge in [0.25, 0.3) is 0 Å². The molecule has 0 saturated carbocycles. The van der Waals surface area contributed by atoms with E-state index in [1.807, 2.05) is 27.7 Å². The molecule has 3 aliphatic heterocycles. The largest absolute Gasteiger partial charge is 0.396 e. The lowest BCUT2D eigenvalue weighted by molar-refractivity contribution is -0.148. The number of nitrogens with one attached hydrogen (secondary N) is 2. The predicted molar refractivity (Wildman–Crippen MR) is 139 cm³/mol. The third-order valence-electron chi connectivity index (χ3n) is 8.39. The molecule has 3 heterocycles. The Balaban J connectivity index is 1.99. The smallest absolute Gasteiger partial charge is 0.246 e. The van der Waals surface area contributed by atoms with E-state index in [9.17, 15) is 19.5 Å². The summed E-state index contributed by atoms with van der Waals surface area (Å²) in [5.41, 5.74) is -2.27. The van der Waals surface area contributed by atoms with Crippen LogP contribution >= 0.6 is 0 Å². The van der Waals surface area contributed by atoms with Crippen molar-refractivity contribution in [3.63, 3.8) is 0 Å². The Bertz CT molecular complexity index is 853. The lowest BCUT2D eigenvalue weighted by Crippen LogP contribution is -2.59. The van der Waals surface area contributed by atoms with Crippen LogP contribution < -0.4 is 10.6 Å². The van der Waals surface area contributed by atoms with E-state index in [0.29, 0.717) is 32.4 Å². The van der Waals surface area contributed by atoms with Crippen LogP contribution in [0.4, 0.5) is 0 Å². The van der Waals surface area contributed by atoms with Gasteiger partial charge in [-0.15, -0.1) is 0 Å². The predicted octanol–water partition coefficient (Wildman–Crippen LogP) is 3.02. The summed E-state index contributed by atoms with van der Waals surface area (Å²) in [5, 5.41) is 15.5. The summed E-state index contributed by atoms with van der Waals surface area (Å²) in [5.74, 6) is -1.77. The van der Waals surface area contributed by atoms with Gasteiger partial charge in [0.1, 0.15) is 11.6 Å². The summed E-state index contributed by atoms with van der Waals surface area (Å²) < 4.78 is 6.75. The Morgan fingerprint density at radius 1 is 1.14 bits per heavy atom. The molecule has 36 heavy (non-hydrogen) atoms. The van der Waals surface area contributed by atoms with E-state index >= 15 is 0 Å². The molecule has 6 atom stereocenters. The van der Waals surface area contributed by atoms with Crippen LogP contribution in [0.2, 0.25) is 0 Å². The number of ether oxygens (including phenoxy) is 1. The molecule has 2 bridgehead atoms. The highest BCUT2D eigenvalue weighted by Crippen LogP contribution is 2.65. The van der Waals surface area contributed by atoms with Crippen LogP contribution in [0.15, 0.2) is 0 Å². The van der Waals surface area contributed by atoms with Crippen LogP contribution in [0, 0.1) is 23.2 Å². The molecule has 3 N–H and O–H groups in total. The van der Waals surface area contributed by atoms with Crippen LogP contribution in [0.1, 0.15) is 93.9 Å². The fourth-order valence-corrected chi connectivity index (χ4v) is 7.38. The number of carbonyl (C=O) groups is 3. The summed E-state index contributed by atoms with van der Waals surface area (Å²) in [6.45, 7) is 17.5. The summed E-state index contributed by atoms with van der Waals surface area (Å²) in [6, 6.07) is -0.781. The van der Waals surface area contributed by atoms with Crippen LogP contribution in [0.25, 0.3) is 0 Å². The Labute approximate surface area is 217 Å². The first kappa shape index (κ1) is 28.9. The minimum absolute atomic E-state index is 0.0137. The lowest BCUT2D eigenvalue weighted by Gasteiger charge is -2.38. The zero-order valence-corrected chi connectivity index (χ0v) is 23.7. The molecule has 8 heteroatoms. The number of fused-ring (bicyclic) bond motifs is 1. The molecule has 0 radical (unpaired) electrons. The van der Waals surface area contributed by atoms with E-state index < -0.39 is 34.6 Å². The van der Waals surface area contributed by atoms with E-state index in [2.05, 4.69) is 38.3 Å². The van der Waals surface area contributed by atoms with Crippen molar-refractivity contribution in [3.8, 4) is 0 Å². The molecule has 0 aromatic rings. The van der Waals surface area contributed by atoms with E-state index in [1.165, 1.54) is 0 Å². The number of aliphatic hydroxyl groups excluding tert-OH is 1. The highest BCUT2D eigenvalue weighted by atomic mass is 16.5. The zero-order chi connectivity index (χ0) is 27.1. The molecule has 3 saturated heterocycles. The van der Waals surface area contributed by atoms with Crippen molar-refractivity contribution in [1.82, 2.24) is 15.5 Å². The summed E-state index contributed by atoms with van der Waals surface area (Å²) in [6.07, 6.45) is 4.25. The molecule has 3 fully saturated rings. The van der Waals surface area contributed by atoms with Crippen LogP contribution in [0.3, 0.4) is 0 Å². The number of carbonyl (C=O) groups excluding carboxylic acids is 3. The van der Waals surface area contributed by atoms with Crippen molar-refractivity contribution in [3.05, 3.63) is 0 Å². The number of unbranched alkanes of at least 4 members (excludes halogenated alkanes) is 2. The molecule has 3 aliphatic rings. The van der Waals surface area contributed by atoms with Crippen LogP contribution in [-0.4, -0.2) is 70.2 Å². The molecular formula is C28H49N3O5. The van der Waals surface area contributed by atoms with Crippen LogP contribution in [0.5, 0.6) is 0 Å². The second-order valence-corrected chi connectivity index (χ2v) is 13.4. The van der Waals surface area contributed by atoms with E-state index in [0.717, 1.165) is 19.3 Å². The standard InChI is InChI=1S/C28H49N3O5/c1-9-13-29-22(33)19-20-24(35)31(14-11-10-12-15-32)21(28(20)16-18(2)27(19,8)36-28)23(34)30-26(6,7)17-25(3,4)5/h18-21,32H,9-17H2,1-8H3,(H,29,33)(H,30,34)/t18?,19-,20-,21?,27+,28?/m0/s1. The normalized spacial score (nSPS) is 33.7. The maximum Gasteiger partial charge on any atom is 0.246 e. The Kier molecular flexibility index (Phi) is 8.22. The Hall–Kier alpha value is -1.67. The van der Waals surface area contributed by atoms with Gasteiger partial charge in [0.2, 0.25) is 17.7 Å². The third kappa shape index (κ3) is 5.17. The monoisotopic (exact) mass is 507 g/mol. The minimum Gasteiger partial charge on any atom is -0.396 e. The number of aliphatic hydroxyl groups is 1. The molecule has 1 spiro atoms. The molecule has 0 aromatic heterocycles. The van der Waals surface area contributed by atoms with E-state index in [1.54, 1.807) is 4.90 Å². The summed E-state index contributed by atoms with van der Waals surface area (Å²) >= 11 is 0. The minimum atomic E-state index is -1.02. The first-order valence-corrected chi connectivity index (χ1v) is 13.8. The van der Waals surface area contributed by atoms with E-state index in [-0.39, 0.29) is 35.7 Å². The van der Waals surface area contributed by atoms with Crippen molar-refractivity contribution >= 4 is 17.7 Å². The molecule has 0 aliphatic carbocycles. The molecule has 0 aromatic carbocycles. The summed E-state index contributed by atoms with van der Waals surface area (Å²) in [4.78, 5) is 43.2. The second kappa shape index (κ2) is 10.2. The molecule has 3 unspecified atom stereocenters. The SMILES string of the molecule is CCCNC(=O)[C@@H]1[C@H]2C(=O)N(CCCCCO)C(C(=O)NC(C)(C)CC(C)(C)C)C23CC(C)[C@@]1(C)O3. The highest BCUT2D eigenvalue weighted by molar-refractivity contribution is 5.99. The van der Waals surface area contributed by atoms with Gasteiger partial charge < -0.3 is 25.4 Å². The molecule has 3 rings (SSSR count). The highest BCUT2D eigenvalue weighted by Gasteiger charge is 2.79. The van der Waals surface area contributed by atoms with Gasteiger partial charge in [0, 0.05) is 25.2 Å². The number of nitrogens with zero attached hydrogens (tertiary/aromatic N) is 1. The van der Waals surface area contributed by atoms with Gasteiger partial charge in [0.05, 0.1) is 17.4 Å². The molecule has 8 nitrogen and oxygen atoms in total. The van der Waals surface area contributed by atoms with Crippen molar-refractivity contribution < 1.29 is 24.2 Å². The Morgan fingerprint density at radius 2 is 1.81 bits per heavy atom. The number of hydrogen-bond acceptors (Lipinski definition) is 5. The average molecular weight is 508 g/mol. The maximum absolute atomic E-state index is 14.1. The van der Waals surface area contributed by atoms with E-state index in [4.69, 9.17) is 4.74 Å². The van der Waals surface area contributed by atoms with Gasteiger partial charge in [-0.25, -0.2) is 0 Å². The number of rotatable bonds is 11. The average Bonchev–Trinajstić information content (AvgIpc) is 3.24. The lowest BCUT2D eigenvalue weighted by atomic mass is 9.62. The quantitative estimate of drug-likeness (QED) is 0.373. The van der Waals surface area contributed by atoms with Crippen molar-refractivity contribution in [2.45, 2.75) is 117 Å². The van der Waals surface area contributed by atoms with Crippen molar-refractivity contribution in [2.75, 3.05) is 19.7 Å². The third-order valence-corrected chi connectivity index (χ3v) is 8.39. The van der Waals surface area contributed by atoms with Crippen molar-refractivity contribution in [2.24, 2.45) is 23.2 Å².